The van der Waals surface area contributed by atoms with Gasteiger partial charge in [0.25, 0.3) is 5.91 Å². The summed E-state index contributed by atoms with van der Waals surface area (Å²) in [6.45, 7) is 7.53. The molecule has 5 atom stereocenters. The summed E-state index contributed by atoms with van der Waals surface area (Å²) in [5, 5.41) is 33.8. The minimum Gasteiger partial charge on any atom is -0.503 e. The maximum atomic E-state index is 12.6. The predicted octanol–water partition coefficient (Wildman–Crippen LogP) is 1.32. The number of aliphatic hydroxyl groups is 2. The van der Waals surface area contributed by atoms with Crippen LogP contribution in [0.25, 0.3) is 0 Å². The number of pyridine rings is 1. The monoisotopic (exact) mass is 352 g/mol. The van der Waals surface area contributed by atoms with Crippen LogP contribution in [0.2, 0.25) is 0 Å². The normalized spacial score (nSPS) is 31.9. The summed E-state index contributed by atoms with van der Waals surface area (Å²) in [6, 6.07) is 1.19. The number of carbonyl (C=O) groups is 1. The van der Waals surface area contributed by atoms with Crippen LogP contribution < -0.4 is 10.1 Å². The Morgan fingerprint density at radius 2 is 1.96 bits per heavy atom. The van der Waals surface area contributed by atoms with Crippen LogP contribution in [0.3, 0.4) is 0 Å². The van der Waals surface area contributed by atoms with Crippen molar-refractivity contribution in [3.05, 3.63) is 18.0 Å². The number of nitrogens with zero attached hydrogens (tertiary/aromatic N) is 1. The highest BCUT2D eigenvalue weighted by Gasteiger charge is 2.45. The van der Waals surface area contributed by atoms with Gasteiger partial charge in [-0.3, -0.25) is 4.79 Å². The second-order valence-electron chi connectivity index (χ2n) is 7.64. The van der Waals surface area contributed by atoms with Crippen molar-refractivity contribution in [2.75, 3.05) is 7.11 Å². The lowest BCUT2D eigenvalue weighted by Gasteiger charge is -2.33. The van der Waals surface area contributed by atoms with E-state index in [1.54, 1.807) is 0 Å². The van der Waals surface area contributed by atoms with Crippen LogP contribution in [0.5, 0.6) is 11.5 Å². The fraction of sp³-hybridized carbons (Fsp3) is 0.667. The van der Waals surface area contributed by atoms with Crippen LogP contribution in [-0.2, 0) is 0 Å². The summed E-state index contributed by atoms with van der Waals surface area (Å²) < 4.78 is 5.01. The van der Waals surface area contributed by atoms with Crippen molar-refractivity contribution in [1.29, 1.82) is 0 Å². The van der Waals surface area contributed by atoms with Gasteiger partial charge in [0.2, 0.25) is 0 Å². The molecule has 1 amide bonds. The van der Waals surface area contributed by atoms with Crippen LogP contribution in [0.4, 0.5) is 0 Å². The van der Waals surface area contributed by atoms with Gasteiger partial charge in [0.05, 0.1) is 19.3 Å². The quantitative estimate of drug-likeness (QED) is 0.611. The molecule has 1 aliphatic carbocycles. The zero-order valence-electron chi connectivity index (χ0n) is 15.4. The molecular weight excluding hydrogens is 324 g/mol. The molecule has 0 aliphatic heterocycles. The zero-order valence-corrected chi connectivity index (χ0v) is 15.4. The predicted molar refractivity (Wildman–Crippen MR) is 92.4 cm³/mol. The molecule has 140 valence electrons. The number of aliphatic hydroxyl groups excluding tert-OH is 2. The second-order valence-corrected chi connectivity index (χ2v) is 7.64. The third-order valence-electron chi connectivity index (χ3n) is 5.51. The van der Waals surface area contributed by atoms with Crippen LogP contribution in [0.15, 0.2) is 12.3 Å². The third-order valence-corrected chi connectivity index (χ3v) is 5.51. The molecule has 1 aliphatic rings. The van der Waals surface area contributed by atoms with Gasteiger partial charge in [0.15, 0.2) is 17.2 Å². The summed E-state index contributed by atoms with van der Waals surface area (Å²) in [7, 11) is 1.40. The first kappa shape index (κ1) is 19.5. The van der Waals surface area contributed by atoms with E-state index in [4.69, 9.17) is 4.74 Å². The van der Waals surface area contributed by atoms with Crippen LogP contribution in [0, 0.1) is 17.3 Å². The average Bonchev–Trinajstić information content (AvgIpc) is 2.62. The molecule has 0 aromatic carbocycles. The smallest absolute Gasteiger partial charge is 0.274 e. The molecule has 3 unspecified atom stereocenters. The lowest BCUT2D eigenvalue weighted by atomic mass is 9.80. The van der Waals surface area contributed by atoms with Crippen molar-refractivity contribution in [3.8, 4) is 11.5 Å². The molecule has 0 spiro atoms. The number of aromatic nitrogens is 1. The molecule has 1 heterocycles. The molecule has 0 radical (unpaired) electrons. The molecule has 1 fully saturated rings. The van der Waals surface area contributed by atoms with Gasteiger partial charge in [-0.05, 0) is 23.7 Å². The molecule has 0 saturated heterocycles. The van der Waals surface area contributed by atoms with Crippen molar-refractivity contribution >= 4 is 5.91 Å². The number of rotatable bonds is 3. The molecule has 1 saturated carbocycles. The van der Waals surface area contributed by atoms with Gasteiger partial charge >= 0.3 is 0 Å². The Bertz CT molecular complexity index is 634. The van der Waals surface area contributed by atoms with Crippen molar-refractivity contribution in [1.82, 2.24) is 10.3 Å². The maximum absolute atomic E-state index is 12.6. The number of hydrogen-bond donors (Lipinski definition) is 4. The first-order valence-corrected chi connectivity index (χ1v) is 8.49. The first-order valence-electron chi connectivity index (χ1n) is 8.49. The summed E-state index contributed by atoms with van der Waals surface area (Å²) >= 11 is 0. The Morgan fingerprint density at radius 1 is 1.32 bits per heavy atom. The van der Waals surface area contributed by atoms with Crippen molar-refractivity contribution < 1.29 is 24.9 Å². The van der Waals surface area contributed by atoms with E-state index < -0.39 is 23.5 Å². The Balaban J connectivity index is 2.27. The number of hydrogen-bond acceptors (Lipinski definition) is 6. The number of amides is 1. The molecule has 2 rings (SSSR count). The minimum atomic E-state index is -0.879. The van der Waals surface area contributed by atoms with Gasteiger partial charge in [-0.2, -0.15) is 0 Å². The fourth-order valence-electron chi connectivity index (χ4n) is 3.49. The Hall–Kier alpha value is -1.86. The molecule has 4 N–H and O–H groups in total. The first-order chi connectivity index (χ1) is 11.6. The van der Waals surface area contributed by atoms with Gasteiger partial charge < -0.3 is 25.4 Å². The van der Waals surface area contributed by atoms with E-state index in [-0.39, 0.29) is 35.1 Å². The van der Waals surface area contributed by atoms with Crippen molar-refractivity contribution in [3.63, 3.8) is 0 Å². The highest BCUT2D eigenvalue weighted by Crippen LogP contribution is 2.40. The molecule has 25 heavy (non-hydrogen) atoms. The van der Waals surface area contributed by atoms with Gasteiger partial charge in [0.1, 0.15) is 0 Å². The van der Waals surface area contributed by atoms with E-state index >= 15 is 0 Å². The Labute approximate surface area is 148 Å². The van der Waals surface area contributed by atoms with Gasteiger partial charge in [-0.1, -0.05) is 27.7 Å². The number of ether oxygens (including phenoxy) is 1. The average molecular weight is 352 g/mol. The Kier molecular flexibility index (Phi) is 5.58. The highest BCUT2D eigenvalue weighted by atomic mass is 16.5. The summed E-state index contributed by atoms with van der Waals surface area (Å²) in [6.07, 6.45) is 0.141. The Morgan fingerprint density at radius 3 is 2.56 bits per heavy atom. The molecule has 1 aromatic heterocycles. The van der Waals surface area contributed by atoms with Crippen molar-refractivity contribution in [2.24, 2.45) is 17.3 Å². The molecule has 7 nitrogen and oxygen atoms in total. The van der Waals surface area contributed by atoms with Gasteiger partial charge in [0, 0.05) is 18.3 Å². The standard InChI is InChI=1S/C18H28N2O5/c1-9-10(2)14(21)16(23)18(3,4)8-11(9)20-17(24)13-15(22)12(25-5)6-7-19-13/h6-7,9-11,14,16,21-23H,8H2,1-5H3,(H,20,24)/t9-,10-,11?,14?,16?/m1/s1. The molecule has 7 heteroatoms. The SMILES string of the molecule is COc1ccnc(C(=O)NC2CC(C)(C)C(O)C(O)[C@H](C)[C@H]2C)c1O. The zero-order chi connectivity index (χ0) is 18.9. The maximum Gasteiger partial charge on any atom is 0.274 e. The van der Waals surface area contributed by atoms with E-state index in [9.17, 15) is 20.1 Å². The molecule has 0 bridgehead atoms. The largest absolute Gasteiger partial charge is 0.503 e. The summed E-state index contributed by atoms with van der Waals surface area (Å²) in [4.78, 5) is 16.6. The van der Waals surface area contributed by atoms with Gasteiger partial charge in [-0.25, -0.2) is 4.98 Å². The number of aromatic hydroxyl groups is 1. The summed E-state index contributed by atoms with van der Waals surface area (Å²) in [5.74, 6) is -0.913. The fourth-order valence-corrected chi connectivity index (χ4v) is 3.49. The minimum absolute atomic E-state index is 0.0666. The molecule has 1 aromatic rings. The van der Waals surface area contributed by atoms with E-state index in [2.05, 4.69) is 10.3 Å². The highest BCUT2D eigenvalue weighted by molar-refractivity contribution is 5.95. The number of methoxy groups -OCH3 is 1. The second kappa shape index (κ2) is 7.17. The lowest BCUT2D eigenvalue weighted by Crippen LogP contribution is -2.43. The number of carbonyl (C=O) groups excluding carboxylic acids is 1. The van der Waals surface area contributed by atoms with E-state index in [1.807, 2.05) is 27.7 Å². The van der Waals surface area contributed by atoms with Crippen LogP contribution in [0.1, 0.15) is 44.6 Å². The van der Waals surface area contributed by atoms with Crippen LogP contribution in [-0.4, -0.2) is 51.6 Å². The van der Waals surface area contributed by atoms with E-state index in [1.165, 1.54) is 19.4 Å². The van der Waals surface area contributed by atoms with Crippen molar-refractivity contribution in [2.45, 2.75) is 52.4 Å². The topological polar surface area (TPSA) is 112 Å². The molecular formula is C18H28N2O5. The lowest BCUT2D eigenvalue weighted by molar-refractivity contribution is -0.0687. The third kappa shape index (κ3) is 3.72. The van der Waals surface area contributed by atoms with Crippen LogP contribution >= 0.6 is 0 Å². The van der Waals surface area contributed by atoms with E-state index in [0.29, 0.717) is 6.42 Å². The van der Waals surface area contributed by atoms with Gasteiger partial charge in [-0.15, -0.1) is 0 Å². The summed E-state index contributed by atoms with van der Waals surface area (Å²) in [5.41, 5.74) is -0.678. The van der Waals surface area contributed by atoms with E-state index in [0.717, 1.165) is 0 Å². The number of nitrogens with one attached hydrogen (secondary N) is 1.